The van der Waals surface area contributed by atoms with Gasteiger partial charge in [0.1, 0.15) is 5.69 Å². The Hall–Kier alpha value is -2.67. The van der Waals surface area contributed by atoms with Gasteiger partial charge in [-0.3, -0.25) is 14.9 Å². The largest absolute Gasteiger partial charge is 0.350 e. The molecule has 3 heterocycles. The van der Waals surface area contributed by atoms with E-state index in [0.29, 0.717) is 22.9 Å². The lowest BCUT2D eigenvalue weighted by molar-refractivity contribution is 0.0936. The van der Waals surface area contributed by atoms with E-state index in [1.165, 1.54) is 11.3 Å². The number of carbonyl (C=O) groups excluding carboxylic acids is 2. The Morgan fingerprint density at radius 1 is 1.36 bits per heavy atom. The number of anilines is 1. The van der Waals surface area contributed by atoms with Crippen molar-refractivity contribution in [2.24, 2.45) is 0 Å². The van der Waals surface area contributed by atoms with Gasteiger partial charge in [0.25, 0.3) is 11.8 Å². The summed E-state index contributed by atoms with van der Waals surface area (Å²) in [4.78, 5) is 33.3. The SMILES string of the molecule is Cc1nc(NC(=O)c2ccc3[nH]c4c(c3c2)C(C)CNC4=O)sc1C. The Balaban J connectivity index is 1.72. The van der Waals surface area contributed by atoms with Crippen LogP contribution in [0.5, 0.6) is 0 Å². The fourth-order valence-electron chi connectivity index (χ4n) is 3.18. The fraction of sp³-hybridized carbons (Fsp3) is 0.278. The monoisotopic (exact) mass is 354 g/mol. The Morgan fingerprint density at radius 2 is 2.16 bits per heavy atom. The molecule has 4 rings (SSSR count). The molecule has 0 fully saturated rings. The summed E-state index contributed by atoms with van der Waals surface area (Å²) in [6.45, 7) is 6.58. The highest BCUT2D eigenvalue weighted by Gasteiger charge is 2.27. The smallest absolute Gasteiger partial charge is 0.268 e. The number of amides is 2. The van der Waals surface area contributed by atoms with Gasteiger partial charge in [0.15, 0.2) is 5.13 Å². The van der Waals surface area contributed by atoms with Crippen molar-refractivity contribution in [2.75, 3.05) is 11.9 Å². The van der Waals surface area contributed by atoms with Crippen molar-refractivity contribution < 1.29 is 9.59 Å². The Bertz CT molecular complexity index is 998. The lowest BCUT2D eigenvalue weighted by Gasteiger charge is -2.19. The number of aromatic amines is 1. The van der Waals surface area contributed by atoms with Gasteiger partial charge in [-0.05, 0) is 37.6 Å². The molecule has 7 heteroatoms. The minimum Gasteiger partial charge on any atom is -0.350 e. The van der Waals surface area contributed by atoms with Crippen LogP contribution in [0.1, 0.15) is 49.8 Å². The van der Waals surface area contributed by atoms with Crippen LogP contribution in [0.3, 0.4) is 0 Å². The van der Waals surface area contributed by atoms with Crippen LogP contribution >= 0.6 is 11.3 Å². The van der Waals surface area contributed by atoms with Crippen molar-refractivity contribution in [1.82, 2.24) is 15.3 Å². The third-order valence-corrected chi connectivity index (χ3v) is 5.63. The first-order valence-electron chi connectivity index (χ1n) is 8.13. The maximum absolute atomic E-state index is 12.6. The van der Waals surface area contributed by atoms with E-state index >= 15 is 0 Å². The maximum Gasteiger partial charge on any atom is 0.268 e. The second-order valence-corrected chi connectivity index (χ2v) is 7.60. The maximum atomic E-state index is 12.6. The van der Waals surface area contributed by atoms with Crippen LogP contribution in [0, 0.1) is 13.8 Å². The van der Waals surface area contributed by atoms with Gasteiger partial charge < -0.3 is 10.3 Å². The first-order chi connectivity index (χ1) is 11.9. The lowest BCUT2D eigenvalue weighted by Crippen LogP contribution is -2.33. The zero-order chi connectivity index (χ0) is 17.7. The number of hydrogen-bond acceptors (Lipinski definition) is 4. The van der Waals surface area contributed by atoms with E-state index in [9.17, 15) is 9.59 Å². The van der Waals surface area contributed by atoms with Crippen molar-refractivity contribution >= 4 is 39.2 Å². The second kappa shape index (κ2) is 5.70. The molecule has 0 saturated heterocycles. The van der Waals surface area contributed by atoms with Crippen LogP contribution in [0.4, 0.5) is 5.13 Å². The number of fused-ring (bicyclic) bond motifs is 3. The molecule has 6 nitrogen and oxygen atoms in total. The van der Waals surface area contributed by atoms with Crippen LogP contribution in [0.15, 0.2) is 18.2 Å². The lowest BCUT2D eigenvalue weighted by atomic mass is 9.93. The van der Waals surface area contributed by atoms with Crippen LogP contribution < -0.4 is 10.6 Å². The predicted molar refractivity (Wildman–Crippen MR) is 98.6 cm³/mol. The number of aromatic nitrogens is 2. The molecule has 2 aromatic heterocycles. The summed E-state index contributed by atoms with van der Waals surface area (Å²) >= 11 is 1.46. The van der Waals surface area contributed by atoms with E-state index in [-0.39, 0.29) is 17.7 Å². The van der Waals surface area contributed by atoms with Crippen molar-refractivity contribution in [1.29, 1.82) is 0 Å². The fourth-order valence-corrected chi connectivity index (χ4v) is 3.99. The minimum absolute atomic E-state index is 0.0935. The summed E-state index contributed by atoms with van der Waals surface area (Å²) in [6, 6.07) is 5.46. The first-order valence-corrected chi connectivity index (χ1v) is 8.95. The molecule has 0 aliphatic carbocycles. The number of thiazole rings is 1. The predicted octanol–water partition coefficient (Wildman–Crippen LogP) is 3.34. The van der Waals surface area contributed by atoms with Crippen molar-refractivity contribution in [3.05, 3.63) is 45.6 Å². The molecule has 0 radical (unpaired) electrons. The standard InChI is InChI=1S/C18H18N4O2S/c1-8-7-19-17(24)15-14(8)12-6-11(4-5-13(12)21-15)16(23)22-18-20-9(2)10(3)25-18/h4-6,8,21H,7H2,1-3H3,(H,19,24)(H,20,22,23). The van der Waals surface area contributed by atoms with Crippen molar-refractivity contribution in [2.45, 2.75) is 26.7 Å². The molecule has 25 heavy (non-hydrogen) atoms. The van der Waals surface area contributed by atoms with Gasteiger partial charge in [-0.2, -0.15) is 0 Å². The van der Waals surface area contributed by atoms with E-state index in [0.717, 1.165) is 27.0 Å². The topological polar surface area (TPSA) is 86.9 Å². The minimum atomic E-state index is -0.196. The number of rotatable bonds is 2. The molecule has 128 valence electrons. The third kappa shape index (κ3) is 2.60. The number of H-pyrrole nitrogens is 1. The van der Waals surface area contributed by atoms with E-state index < -0.39 is 0 Å². The summed E-state index contributed by atoms with van der Waals surface area (Å²) in [5.74, 6) is -0.0911. The van der Waals surface area contributed by atoms with Gasteiger partial charge in [-0.25, -0.2) is 4.98 Å². The van der Waals surface area contributed by atoms with Gasteiger partial charge in [-0.1, -0.05) is 6.92 Å². The Labute approximate surface area is 148 Å². The zero-order valence-electron chi connectivity index (χ0n) is 14.2. The number of nitrogens with one attached hydrogen (secondary N) is 3. The molecule has 2 amide bonds. The molecule has 0 bridgehead atoms. The molecule has 0 saturated carbocycles. The number of benzene rings is 1. The summed E-state index contributed by atoms with van der Waals surface area (Å²) in [6.07, 6.45) is 0. The van der Waals surface area contributed by atoms with E-state index in [1.807, 2.05) is 26.0 Å². The van der Waals surface area contributed by atoms with E-state index in [2.05, 4.69) is 27.5 Å². The molecule has 1 unspecified atom stereocenters. The van der Waals surface area contributed by atoms with Crippen molar-refractivity contribution in [3.8, 4) is 0 Å². The molecule has 3 N–H and O–H groups in total. The molecule has 0 spiro atoms. The summed E-state index contributed by atoms with van der Waals surface area (Å²) in [5.41, 5.74) is 3.92. The molecule has 1 aromatic carbocycles. The molecule has 1 aliphatic rings. The molecule has 1 aliphatic heterocycles. The highest BCUT2D eigenvalue weighted by molar-refractivity contribution is 7.15. The molecule has 1 atom stereocenters. The van der Waals surface area contributed by atoms with Gasteiger partial charge in [0.2, 0.25) is 0 Å². The van der Waals surface area contributed by atoms with Gasteiger partial charge in [0, 0.05) is 33.8 Å². The number of aryl methyl sites for hydroxylation is 2. The summed E-state index contributed by atoms with van der Waals surface area (Å²) in [7, 11) is 0. The van der Waals surface area contributed by atoms with Crippen LogP contribution in [0.2, 0.25) is 0 Å². The number of carbonyl (C=O) groups is 2. The highest BCUT2D eigenvalue weighted by atomic mass is 32.1. The van der Waals surface area contributed by atoms with Gasteiger partial charge in [-0.15, -0.1) is 11.3 Å². The quantitative estimate of drug-likeness (QED) is 0.660. The third-order valence-electron chi connectivity index (χ3n) is 4.64. The molecular formula is C18H18N4O2S. The zero-order valence-corrected chi connectivity index (χ0v) is 15.0. The van der Waals surface area contributed by atoms with Gasteiger partial charge >= 0.3 is 0 Å². The Morgan fingerprint density at radius 3 is 2.88 bits per heavy atom. The van der Waals surface area contributed by atoms with E-state index in [4.69, 9.17) is 0 Å². The van der Waals surface area contributed by atoms with Crippen LogP contribution in [-0.2, 0) is 0 Å². The average molecular weight is 354 g/mol. The summed E-state index contributed by atoms with van der Waals surface area (Å²) < 4.78 is 0. The van der Waals surface area contributed by atoms with Crippen LogP contribution in [-0.4, -0.2) is 28.3 Å². The second-order valence-electron chi connectivity index (χ2n) is 6.40. The molecular weight excluding hydrogens is 336 g/mol. The van der Waals surface area contributed by atoms with Crippen LogP contribution in [0.25, 0.3) is 10.9 Å². The highest BCUT2D eigenvalue weighted by Crippen LogP contribution is 2.32. The summed E-state index contributed by atoms with van der Waals surface area (Å²) in [5, 5.41) is 7.25. The normalized spacial score (nSPS) is 16.6. The number of hydrogen-bond donors (Lipinski definition) is 3. The Kier molecular flexibility index (Phi) is 3.61. The average Bonchev–Trinajstić information content (AvgIpc) is 3.11. The first kappa shape index (κ1) is 15.8. The molecule has 3 aromatic rings. The van der Waals surface area contributed by atoms with Crippen molar-refractivity contribution in [3.63, 3.8) is 0 Å². The number of nitrogens with zero attached hydrogens (tertiary/aromatic N) is 1. The van der Waals surface area contributed by atoms with E-state index in [1.54, 1.807) is 6.07 Å². The van der Waals surface area contributed by atoms with Gasteiger partial charge in [0.05, 0.1) is 5.69 Å².